The van der Waals surface area contributed by atoms with Crippen molar-refractivity contribution in [2.45, 2.75) is 65.0 Å². The molecule has 20 heavy (non-hydrogen) atoms. The van der Waals surface area contributed by atoms with Crippen LogP contribution < -0.4 is 10.1 Å². The first-order valence-corrected chi connectivity index (χ1v) is 8.01. The number of rotatable bonds is 3. The highest BCUT2D eigenvalue weighted by Gasteiger charge is 2.29. The zero-order chi connectivity index (χ0) is 14.2. The highest BCUT2D eigenvalue weighted by atomic mass is 16.5. The smallest absolute Gasteiger partial charge is 0.123 e. The molecule has 2 unspecified atom stereocenters. The molecule has 110 valence electrons. The third-order valence-corrected chi connectivity index (χ3v) is 4.80. The number of ether oxygens (including phenoxy) is 1. The Morgan fingerprint density at radius 3 is 3.00 bits per heavy atom. The zero-order valence-electron chi connectivity index (χ0n) is 13.0. The number of fused-ring (bicyclic) bond motifs is 1. The van der Waals surface area contributed by atoms with E-state index in [1.165, 1.54) is 36.8 Å². The Balaban J connectivity index is 1.51. The molecule has 0 amide bonds. The first-order chi connectivity index (χ1) is 9.52. The number of benzene rings is 1. The van der Waals surface area contributed by atoms with E-state index in [0.29, 0.717) is 17.6 Å². The monoisotopic (exact) mass is 273 g/mol. The predicted molar refractivity (Wildman–Crippen MR) is 83.3 cm³/mol. The van der Waals surface area contributed by atoms with Crippen LogP contribution in [0.1, 0.15) is 50.7 Å². The maximum atomic E-state index is 6.04. The van der Waals surface area contributed by atoms with E-state index in [-0.39, 0.29) is 0 Å². The fourth-order valence-electron chi connectivity index (χ4n) is 3.73. The van der Waals surface area contributed by atoms with Gasteiger partial charge >= 0.3 is 0 Å². The summed E-state index contributed by atoms with van der Waals surface area (Å²) in [7, 11) is 0. The van der Waals surface area contributed by atoms with Crippen LogP contribution in [0.15, 0.2) is 18.2 Å². The SMILES string of the molecule is Cc1ccc2c(c1)CC(CNC1CCCC(C)(C)C1)O2. The van der Waals surface area contributed by atoms with Crippen molar-refractivity contribution >= 4 is 0 Å². The Hall–Kier alpha value is -1.02. The molecular weight excluding hydrogens is 246 g/mol. The first kappa shape index (κ1) is 13.9. The predicted octanol–water partition coefficient (Wildman–Crippen LogP) is 3.86. The first-order valence-electron chi connectivity index (χ1n) is 8.01. The third-order valence-electron chi connectivity index (χ3n) is 4.80. The molecule has 1 fully saturated rings. The summed E-state index contributed by atoms with van der Waals surface area (Å²) in [6, 6.07) is 7.19. The zero-order valence-corrected chi connectivity index (χ0v) is 13.0. The lowest BCUT2D eigenvalue weighted by molar-refractivity contribution is 0.173. The van der Waals surface area contributed by atoms with Crippen molar-refractivity contribution < 1.29 is 4.74 Å². The van der Waals surface area contributed by atoms with Crippen LogP contribution >= 0.6 is 0 Å². The average Bonchev–Trinajstić information content (AvgIpc) is 2.77. The summed E-state index contributed by atoms with van der Waals surface area (Å²) in [5.74, 6) is 1.09. The van der Waals surface area contributed by atoms with Gasteiger partial charge in [0.25, 0.3) is 0 Å². The van der Waals surface area contributed by atoms with Crippen LogP contribution in [-0.4, -0.2) is 18.7 Å². The molecule has 2 atom stereocenters. The van der Waals surface area contributed by atoms with Crippen LogP contribution in [0.3, 0.4) is 0 Å². The summed E-state index contributed by atoms with van der Waals surface area (Å²) >= 11 is 0. The molecule has 2 nitrogen and oxygen atoms in total. The lowest BCUT2D eigenvalue weighted by Crippen LogP contribution is -2.41. The van der Waals surface area contributed by atoms with Crippen molar-refractivity contribution in [2.75, 3.05) is 6.54 Å². The second-order valence-electron chi connectivity index (χ2n) is 7.42. The molecule has 0 bridgehead atoms. The van der Waals surface area contributed by atoms with E-state index in [2.05, 4.69) is 44.3 Å². The Bertz CT molecular complexity index is 480. The molecule has 1 aliphatic carbocycles. The summed E-state index contributed by atoms with van der Waals surface area (Å²) in [5, 5.41) is 3.74. The molecular formula is C18H27NO. The van der Waals surface area contributed by atoms with E-state index in [9.17, 15) is 0 Å². The molecule has 0 aromatic heterocycles. The van der Waals surface area contributed by atoms with E-state index in [0.717, 1.165) is 18.7 Å². The van der Waals surface area contributed by atoms with Crippen LogP contribution in [0.4, 0.5) is 0 Å². The van der Waals surface area contributed by atoms with Gasteiger partial charge in [-0.05, 0) is 43.2 Å². The molecule has 3 rings (SSSR count). The second-order valence-corrected chi connectivity index (χ2v) is 7.42. The van der Waals surface area contributed by atoms with Crippen molar-refractivity contribution in [2.24, 2.45) is 5.41 Å². The second kappa shape index (κ2) is 5.40. The van der Waals surface area contributed by atoms with E-state index < -0.39 is 0 Å². The van der Waals surface area contributed by atoms with Gasteiger partial charge in [-0.2, -0.15) is 0 Å². The summed E-state index contributed by atoms with van der Waals surface area (Å²) in [6.45, 7) is 7.92. The quantitative estimate of drug-likeness (QED) is 0.903. The van der Waals surface area contributed by atoms with Gasteiger partial charge in [0.05, 0.1) is 0 Å². The topological polar surface area (TPSA) is 21.3 Å². The number of hydrogen-bond acceptors (Lipinski definition) is 2. The van der Waals surface area contributed by atoms with E-state index in [4.69, 9.17) is 4.74 Å². The van der Waals surface area contributed by atoms with Crippen LogP contribution in [0.5, 0.6) is 5.75 Å². The largest absolute Gasteiger partial charge is 0.488 e. The highest BCUT2D eigenvalue weighted by molar-refractivity contribution is 5.40. The third kappa shape index (κ3) is 3.17. The minimum absolute atomic E-state index is 0.317. The van der Waals surface area contributed by atoms with E-state index >= 15 is 0 Å². The number of aryl methyl sites for hydroxylation is 1. The Morgan fingerprint density at radius 1 is 1.35 bits per heavy atom. The summed E-state index contributed by atoms with van der Waals surface area (Å²) in [6.07, 6.45) is 6.72. The molecule has 1 aliphatic heterocycles. The van der Waals surface area contributed by atoms with Crippen LogP contribution in [0.25, 0.3) is 0 Å². The van der Waals surface area contributed by atoms with Gasteiger partial charge in [-0.25, -0.2) is 0 Å². The van der Waals surface area contributed by atoms with Gasteiger partial charge < -0.3 is 10.1 Å². The van der Waals surface area contributed by atoms with Crippen molar-refractivity contribution in [1.29, 1.82) is 0 Å². The lowest BCUT2D eigenvalue weighted by Gasteiger charge is -2.36. The van der Waals surface area contributed by atoms with Crippen molar-refractivity contribution in [3.05, 3.63) is 29.3 Å². The Morgan fingerprint density at radius 2 is 2.20 bits per heavy atom. The molecule has 1 heterocycles. The number of nitrogens with one attached hydrogen (secondary N) is 1. The van der Waals surface area contributed by atoms with Gasteiger partial charge in [0, 0.05) is 19.0 Å². The van der Waals surface area contributed by atoms with E-state index in [1.807, 2.05) is 0 Å². The summed E-state index contributed by atoms with van der Waals surface area (Å²) < 4.78 is 6.04. The normalized spacial score (nSPS) is 27.9. The summed E-state index contributed by atoms with van der Waals surface area (Å²) in [5.41, 5.74) is 3.21. The molecule has 1 aromatic rings. The molecule has 1 N–H and O–H groups in total. The number of hydrogen-bond donors (Lipinski definition) is 1. The minimum Gasteiger partial charge on any atom is -0.488 e. The van der Waals surface area contributed by atoms with Gasteiger partial charge in [-0.15, -0.1) is 0 Å². The van der Waals surface area contributed by atoms with Gasteiger partial charge in [0.15, 0.2) is 0 Å². The molecule has 2 heteroatoms. The summed E-state index contributed by atoms with van der Waals surface area (Å²) in [4.78, 5) is 0. The molecule has 0 radical (unpaired) electrons. The van der Waals surface area contributed by atoms with Crippen LogP contribution in [0.2, 0.25) is 0 Å². The van der Waals surface area contributed by atoms with Crippen molar-refractivity contribution in [3.63, 3.8) is 0 Å². The van der Waals surface area contributed by atoms with Gasteiger partial charge in [0.2, 0.25) is 0 Å². The molecule has 0 saturated heterocycles. The van der Waals surface area contributed by atoms with E-state index in [1.54, 1.807) is 0 Å². The van der Waals surface area contributed by atoms with Gasteiger partial charge in [0.1, 0.15) is 11.9 Å². The molecule has 1 saturated carbocycles. The molecule has 2 aliphatic rings. The minimum atomic E-state index is 0.317. The standard InChI is InChI=1S/C18H27NO/c1-13-6-7-17-14(9-13)10-16(20-17)12-19-15-5-4-8-18(2,3)11-15/h6-7,9,15-16,19H,4-5,8,10-12H2,1-3H3. The fraction of sp³-hybridized carbons (Fsp3) is 0.667. The molecule has 0 spiro atoms. The Labute approximate surface area is 122 Å². The van der Waals surface area contributed by atoms with Gasteiger partial charge in [-0.1, -0.05) is 38.0 Å². The Kier molecular flexibility index (Phi) is 3.76. The maximum Gasteiger partial charge on any atom is 0.123 e. The average molecular weight is 273 g/mol. The van der Waals surface area contributed by atoms with Crippen molar-refractivity contribution in [3.8, 4) is 5.75 Å². The van der Waals surface area contributed by atoms with Crippen LogP contribution in [0, 0.1) is 12.3 Å². The molecule has 1 aromatic carbocycles. The van der Waals surface area contributed by atoms with Crippen molar-refractivity contribution in [1.82, 2.24) is 5.32 Å². The highest BCUT2D eigenvalue weighted by Crippen LogP contribution is 2.35. The van der Waals surface area contributed by atoms with Crippen LogP contribution in [-0.2, 0) is 6.42 Å². The maximum absolute atomic E-state index is 6.04. The fourth-order valence-corrected chi connectivity index (χ4v) is 3.73. The van der Waals surface area contributed by atoms with Gasteiger partial charge in [-0.3, -0.25) is 0 Å². The lowest BCUT2D eigenvalue weighted by atomic mass is 9.75.